The number of H-pyrrole nitrogens is 1. The van der Waals surface area contributed by atoms with Gasteiger partial charge in [0.05, 0.1) is 11.9 Å². The van der Waals surface area contributed by atoms with Gasteiger partial charge in [-0.25, -0.2) is 15.0 Å². The Morgan fingerprint density at radius 2 is 2.08 bits per heavy atom. The van der Waals surface area contributed by atoms with Crippen molar-refractivity contribution in [2.45, 2.75) is 13.5 Å². The van der Waals surface area contributed by atoms with Crippen molar-refractivity contribution in [3.63, 3.8) is 0 Å². The van der Waals surface area contributed by atoms with Crippen LogP contribution in [0.5, 0.6) is 0 Å². The van der Waals surface area contributed by atoms with Gasteiger partial charge in [0.1, 0.15) is 16.2 Å². The molecule has 26 heavy (non-hydrogen) atoms. The summed E-state index contributed by atoms with van der Waals surface area (Å²) in [5.41, 5.74) is 4.97. The van der Waals surface area contributed by atoms with Gasteiger partial charge in [-0.1, -0.05) is 11.3 Å². The molecule has 0 spiro atoms. The van der Waals surface area contributed by atoms with Crippen LogP contribution in [0, 0.1) is 6.92 Å². The molecule has 4 heterocycles. The normalized spacial score (nSPS) is 11.4. The van der Waals surface area contributed by atoms with Crippen molar-refractivity contribution >= 4 is 32.6 Å². The Bertz CT molecular complexity index is 1050. The Hall–Kier alpha value is -2.84. The fraction of sp³-hybridized carbons (Fsp3) is 0.222. The molecule has 0 atom stereocenters. The van der Waals surface area contributed by atoms with Crippen molar-refractivity contribution in [2.75, 3.05) is 19.4 Å². The molecule has 0 bridgehead atoms. The standard InChI is InChI=1S/C18H19N7S/c1-11-13(9-20-24-11)14-4-5-15-17(21-14)26-18(22-15)23-16-8-12(6-7-19-16)10-25(2)3/h4-9H,10H2,1-3H3,(H,20,24)(H,19,22,23). The van der Waals surface area contributed by atoms with Crippen LogP contribution in [-0.2, 0) is 6.54 Å². The second kappa shape index (κ2) is 6.81. The van der Waals surface area contributed by atoms with E-state index in [0.29, 0.717) is 0 Å². The molecular weight excluding hydrogens is 346 g/mol. The van der Waals surface area contributed by atoms with E-state index in [1.165, 1.54) is 16.9 Å². The first-order valence-corrected chi connectivity index (χ1v) is 9.05. The molecule has 0 fully saturated rings. The quantitative estimate of drug-likeness (QED) is 0.562. The minimum Gasteiger partial charge on any atom is -0.316 e. The van der Waals surface area contributed by atoms with Crippen LogP contribution in [0.15, 0.2) is 36.7 Å². The highest BCUT2D eigenvalue weighted by Crippen LogP contribution is 2.29. The Labute approximate surface area is 155 Å². The fourth-order valence-corrected chi connectivity index (χ4v) is 3.59. The van der Waals surface area contributed by atoms with Crippen LogP contribution < -0.4 is 5.32 Å². The van der Waals surface area contributed by atoms with Gasteiger partial charge in [0.15, 0.2) is 5.13 Å². The molecule has 132 valence electrons. The highest BCUT2D eigenvalue weighted by Gasteiger charge is 2.10. The van der Waals surface area contributed by atoms with Crippen molar-refractivity contribution in [1.29, 1.82) is 0 Å². The van der Waals surface area contributed by atoms with E-state index in [0.717, 1.165) is 44.8 Å². The summed E-state index contributed by atoms with van der Waals surface area (Å²) in [7, 11) is 4.10. The molecule has 0 aliphatic heterocycles. The van der Waals surface area contributed by atoms with Gasteiger partial charge in [-0.2, -0.15) is 5.10 Å². The third kappa shape index (κ3) is 3.42. The molecule has 7 nitrogen and oxygen atoms in total. The van der Waals surface area contributed by atoms with Crippen molar-refractivity contribution < 1.29 is 0 Å². The number of anilines is 2. The maximum Gasteiger partial charge on any atom is 0.190 e. The molecule has 0 radical (unpaired) electrons. The zero-order valence-electron chi connectivity index (χ0n) is 14.8. The third-order valence-corrected chi connectivity index (χ3v) is 4.80. The van der Waals surface area contributed by atoms with E-state index >= 15 is 0 Å². The largest absolute Gasteiger partial charge is 0.316 e. The van der Waals surface area contributed by atoms with Gasteiger partial charge < -0.3 is 10.2 Å². The number of nitrogens with one attached hydrogen (secondary N) is 2. The number of aryl methyl sites for hydroxylation is 1. The average Bonchev–Trinajstić information content (AvgIpc) is 3.19. The van der Waals surface area contributed by atoms with Crippen LogP contribution in [0.4, 0.5) is 10.9 Å². The van der Waals surface area contributed by atoms with Crippen molar-refractivity contribution in [3.8, 4) is 11.3 Å². The molecule has 0 saturated carbocycles. The first kappa shape index (κ1) is 16.6. The number of rotatable bonds is 5. The molecule has 8 heteroatoms. The summed E-state index contributed by atoms with van der Waals surface area (Å²) in [6, 6.07) is 8.02. The van der Waals surface area contributed by atoms with E-state index in [9.17, 15) is 0 Å². The first-order valence-electron chi connectivity index (χ1n) is 8.23. The molecule has 4 aromatic rings. The lowest BCUT2D eigenvalue weighted by molar-refractivity contribution is 0.402. The number of pyridine rings is 2. The molecule has 0 aliphatic rings. The molecule has 0 aliphatic carbocycles. The Balaban J connectivity index is 1.61. The highest BCUT2D eigenvalue weighted by molar-refractivity contribution is 7.21. The zero-order chi connectivity index (χ0) is 18.1. The number of aromatic amines is 1. The van der Waals surface area contributed by atoms with Crippen LogP contribution in [0.3, 0.4) is 0 Å². The lowest BCUT2D eigenvalue weighted by Crippen LogP contribution is -2.10. The summed E-state index contributed by atoms with van der Waals surface area (Å²) < 4.78 is 0. The summed E-state index contributed by atoms with van der Waals surface area (Å²) in [6.07, 6.45) is 3.61. The van der Waals surface area contributed by atoms with Crippen LogP contribution in [-0.4, -0.2) is 44.1 Å². The number of nitrogens with zero attached hydrogens (tertiary/aromatic N) is 5. The fourth-order valence-electron chi connectivity index (χ4n) is 2.75. The van der Waals surface area contributed by atoms with Crippen LogP contribution in [0.25, 0.3) is 21.6 Å². The van der Waals surface area contributed by atoms with Gasteiger partial charge in [-0.3, -0.25) is 5.10 Å². The maximum absolute atomic E-state index is 4.73. The van der Waals surface area contributed by atoms with Gasteiger partial charge >= 0.3 is 0 Å². The van der Waals surface area contributed by atoms with E-state index in [-0.39, 0.29) is 0 Å². The predicted molar refractivity (Wildman–Crippen MR) is 105 cm³/mol. The van der Waals surface area contributed by atoms with E-state index in [1.807, 2.05) is 51.5 Å². The topological polar surface area (TPSA) is 82.6 Å². The number of hydrogen-bond acceptors (Lipinski definition) is 7. The predicted octanol–water partition coefficient (Wildman–Crippen LogP) is 3.59. The molecule has 0 aromatic carbocycles. The summed E-state index contributed by atoms with van der Waals surface area (Å²) >= 11 is 1.51. The van der Waals surface area contributed by atoms with Gasteiger partial charge in [-0.05, 0) is 50.8 Å². The van der Waals surface area contributed by atoms with E-state index < -0.39 is 0 Å². The lowest BCUT2D eigenvalue weighted by atomic mass is 10.2. The second-order valence-electron chi connectivity index (χ2n) is 6.36. The zero-order valence-corrected chi connectivity index (χ0v) is 15.6. The van der Waals surface area contributed by atoms with Crippen LogP contribution in [0.2, 0.25) is 0 Å². The van der Waals surface area contributed by atoms with Gasteiger partial charge in [0, 0.05) is 24.0 Å². The molecular formula is C18H19N7S. The molecule has 0 unspecified atom stereocenters. The Morgan fingerprint density at radius 3 is 2.85 bits per heavy atom. The number of fused-ring (bicyclic) bond motifs is 1. The van der Waals surface area contributed by atoms with E-state index in [4.69, 9.17) is 4.98 Å². The summed E-state index contributed by atoms with van der Waals surface area (Å²) in [5, 5.41) is 11.1. The number of thiazole rings is 1. The summed E-state index contributed by atoms with van der Waals surface area (Å²) in [4.78, 5) is 16.7. The van der Waals surface area contributed by atoms with Crippen LogP contribution >= 0.6 is 11.3 Å². The van der Waals surface area contributed by atoms with Crippen molar-refractivity contribution in [2.24, 2.45) is 0 Å². The lowest BCUT2D eigenvalue weighted by Gasteiger charge is -2.10. The number of hydrogen-bond donors (Lipinski definition) is 2. The van der Waals surface area contributed by atoms with Gasteiger partial charge in [0.25, 0.3) is 0 Å². The summed E-state index contributed by atoms with van der Waals surface area (Å²) in [6.45, 7) is 2.85. The highest BCUT2D eigenvalue weighted by atomic mass is 32.1. The van der Waals surface area contributed by atoms with Gasteiger partial charge in [0.2, 0.25) is 0 Å². The smallest absolute Gasteiger partial charge is 0.190 e. The second-order valence-corrected chi connectivity index (χ2v) is 7.34. The molecule has 0 amide bonds. The molecule has 0 saturated heterocycles. The van der Waals surface area contributed by atoms with Gasteiger partial charge in [-0.15, -0.1) is 0 Å². The third-order valence-electron chi connectivity index (χ3n) is 3.92. The van der Waals surface area contributed by atoms with E-state index in [1.54, 1.807) is 6.20 Å². The van der Waals surface area contributed by atoms with Crippen LogP contribution in [0.1, 0.15) is 11.3 Å². The van der Waals surface area contributed by atoms with Crippen molar-refractivity contribution in [1.82, 2.24) is 30.0 Å². The first-order chi connectivity index (χ1) is 12.6. The molecule has 2 N–H and O–H groups in total. The van der Waals surface area contributed by atoms with E-state index in [2.05, 4.69) is 30.4 Å². The Kier molecular flexibility index (Phi) is 4.36. The maximum atomic E-state index is 4.73. The Morgan fingerprint density at radius 1 is 1.19 bits per heavy atom. The van der Waals surface area contributed by atoms with Crippen molar-refractivity contribution in [3.05, 3.63) is 47.9 Å². The average molecular weight is 365 g/mol. The molecule has 4 rings (SSSR count). The SMILES string of the molecule is Cc1[nH]ncc1-c1ccc2nc(Nc3cc(CN(C)C)ccn3)sc2n1. The minimum absolute atomic E-state index is 0.781. The number of aromatic nitrogens is 5. The molecule has 4 aromatic heterocycles. The monoisotopic (exact) mass is 365 g/mol. The minimum atomic E-state index is 0.781. The summed E-state index contributed by atoms with van der Waals surface area (Å²) in [5.74, 6) is 0.786.